The second kappa shape index (κ2) is 6.35. The quantitative estimate of drug-likeness (QED) is 0.836. The van der Waals surface area contributed by atoms with Crippen LogP contribution in [0.4, 0.5) is 0 Å². The molecule has 0 fully saturated rings. The van der Waals surface area contributed by atoms with Crippen molar-refractivity contribution in [2.24, 2.45) is 11.1 Å². The van der Waals surface area contributed by atoms with Crippen LogP contribution in [0.1, 0.15) is 44.4 Å². The molecule has 1 rings (SSSR count). The van der Waals surface area contributed by atoms with Crippen molar-refractivity contribution in [3.63, 3.8) is 0 Å². The maximum Gasteiger partial charge on any atom is 0.0342 e. The van der Waals surface area contributed by atoms with Gasteiger partial charge in [0, 0.05) is 12.6 Å². The van der Waals surface area contributed by atoms with E-state index in [0.717, 1.165) is 19.5 Å². The first-order chi connectivity index (χ1) is 8.39. The molecule has 0 aliphatic carbocycles. The highest BCUT2D eigenvalue weighted by atomic mass is 15.1. The molecule has 0 amide bonds. The molecule has 102 valence electrons. The number of benzene rings is 1. The van der Waals surface area contributed by atoms with Crippen molar-refractivity contribution < 1.29 is 0 Å². The fourth-order valence-corrected chi connectivity index (χ4v) is 2.44. The first kappa shape index (κ1) is 15.2. The largest absolute Gasteiger partial charge is 0.330 e. The molecular formula is C16H28N2. The molecule has 0 aliphatic heterocycles. The molecule has 1 unspecified atom stereocenters. The molecule has 1 aromatic carbocycles. The topological polar surface area (TPSA) is 29.3 Å². The second-order valence-electron chi connectivity index (χ2n) is 6.12. The van der Waals surface area contributed by atoms with E-state index in [4.69, 9.17) is 5.73 Å². The summed E-state index contributed by atoms with van der Waals surface area (Å²) in [6.45, 7) is 10.6. The van der Waals surface area contributed by atoms with E-state index in [0.29, 0.717) is 6.04 Å². The fraction of sp³-hybridized carbons (Fsp3) is 0.625. The van der Waals surface area contributed by atoms with E-state index in [-0.39, 0.29) is 5.41 Å². The summed E-state index contributed by atoms with van der Waals surface area (Å²) in [4.78, 5) is 2.43. The summed E-state index contributed by atoms with van der Waals surface area (Å²) in [7, 11) is 2.20. The van der Waals surface area contributed by atoms with Gasteiger partial charge in [0.15, 0.2) is 0 Å². The van der Waals surface area contributed by atoms with Crippen molar-refractivity contribution >= 4 is 0 Å². The normalized spacial score (nSPS) is 13.9. The van der Waals surface area contributed by atoms with Gasteiger partial charge in [0.05, 0.1) is 0 Å². The number of rotatable bonds is 6. The molecule has 0 bridgehead atoms. The van der Waals surface area contributed by atoms with Crippen LogP contribution in [0.15, 0.2) is 24.3 Å². The molecule has 0 radical (unpaired) electrons. The number of aryl methyl sites for hydroxylation is 1. The Balaban J connectivity index is 2.80. The average molecular weight is 248 g/mol. The number of nitrogens with zero attached hydrogens (tertiary/aromatic N) is 1. The number of hydrogen-bond donors (Lipinski definition) is 1. The molecule has 2 N–H and O–H groups in total. The first-order valence-electron chi connectivity index (χ1n) is 6.86. The highest BCUT2D eigenvalue weighted by Gasteiger charge is 2.23. The van der Waals surface area contributed by atoms with Gasteiger partial charge < -0.3 is 5.73 Å². The highest BCUT2D eigenvalue weighted by Crippen LogP contribution is 2.26. The van der Waals surface area contributed by atoms with Crippen molar-refractivity contribution in [2.45, 2.75) is 40.2 Å². The number of nitrogens with two attached hydrogens (primary N) is 1. The molecular weight excluding hydrogens is 220 g/mol. The Bertz CT molecular complexity index is 354. The minimum absolute atomic E-state index is 0.173. The van der Waals surface area contributed by atoms with Crippen LogP contribution in [0, 0.1) is 12.3 Å². The smallest absolute Gasteiger partial charge is 0.0342 e. The highest BCUT2D eigenvalue weighted by molar-refractivity contribution is 5.24. The standard InChI is InChI=1S/C16H28N2/c1-6-15(14-9-7-13(2)8-10-14)18(5)12-16(3,4)11-17/h7-10,15H,6,11-12,17H2,1-5H3. The Hall–Kier alpha value is -0.860. The molecule has 1 atom stereocenters. The Morgan fingerprint density at radius 3 is 2.22 bits per heavy atom. The summed E-state index contributed by atoms with van der Waals surface area (Å²) >= 11 is 0. The van der Waals surface area contributed by atoms with Gasteiger partial charge in [0.25, 0.3) is 0 Å². The SMILES string of the molecule is CCC(c1ccc(C)cc1)N(C)CC(C)(C)CN. The van der Waals surface area contributed by atoms with Crippen molar-refractivity contribution in [3.05, 3.63) is 35.4 Å². The van der Waals surface area contributed by atoms with Gasteiger partial charge in [-0.3, -0.25) is 4.90 Å². The molecule has 0 heterocycles. The van der Waals surface area contributed by atoms with E-state index in [1.165, 1.54) is 11.1 Å². The second-order valence-corrected chi connectivity index (χ2v) is 6.12. The zero-order valence-corrected chi connectivity index (χ0v) is 12.5. The van der Waals surface area contributed by atoms with Crippen molar-refractivity contribution in [1.82, 2.24) is 4.90 Å². The minimum Gasteiger partial charge on any atom is -0.330 e. The monoisotopic (exact) mass is 248 g/mol. The van der Waals surface area contributed by atoms with E-state index in [2.05, 4.69) is 63.9 Å². The zero-order chi connectivity index (χ0) is 13.8. The van der Waals surface area contributed by atoms with Gasteiger partial charge >= 0.3 is 0 Å². The molecule has 18 heavy (non-hydrogen) atoms. The molecule has 2 nitrogen and oxygen atoms in total. The third-order valence-corrected chi connectivity index (χ3v) is 3.61. The van der Waals surface area contributed by atoms with Crippen LogP contribution in [0.3, 0.4) is 0 Å². The summed E-state index contributed by atoms with van der Waals surface area (Å²) in [5, 5.41) is 0. The van der Waals surface area contributed by atoms with Gasteiger partial charge in [0.1, 0.15) is 0 Å². The Labute approximate surface area is 112 Å². The van der Waals surface area contributed by atoms with E-state index in [1.807, 2.05) is 0 Å². The van der Waals surface area contributed by atoms with E-state index < -0.39 is 0 Å². The molecule has 0 aromatic heterocycles. The van der Waals surface area contributed by atoms with E-state index in [1.54, 1.807) is 0 Å². The van der Waals surface area contributed by atoms with Crippen LogP contribution in [-0.2, 0) is 0 Å². The van der Waals surface area contributed by atoms with Gasteiger partial charge in [-0.2, -0.15) is 0 Å². The van der Waals surface area contributed by atoms with Crippen LogP contribution >= 0.6 is 0 Å². The maximum atomic E-state index is 5.83. The molecule has 2 heteroatoms. The maximum absolute atomic E-state index is 5.83. The van der Waals surface area contributed by atoms with Gasteiger partial charge in [0.2, 0.25) is 0 Å². The van der Waals surface area contributed by atoms with Crippen LogP contribution in [-0.4, -0.2) is 25.0 Å². The summed E-state index contributed by atoms with van der Waals surface area (Å²) in [5.74, 6) is 0. The Morgan fingerprint density at radius 2 is 1.78 bits per heavy atom. The predicted molar refractivity (Wildman–Crippen MR) is 79.7 cm³/mol. The molecule has 1 aromatic rings. The molecule has 0 spiro atoms. The Kier molecular flexibility index (Phi) is 5.36. The molecule has 0 aliphatic rings. The minimum atomic E-state index is 0.173. The van der Waals surface area contributed by atoms with E-state index >= 15 is 0 Å². The van der Waals surface area contributed by atoms with Gasteiger partial charge in [-0.25, -0.2) is 0 Å². The summed E-state index contributed by atoms with van der Waals surface area (Å²) in [6, 6.07) is 9.36. The fourth-order valence-electron chi connectivity index (χ4n) is 2.44. The summed E-state index contributed by atoms with van der Waals surface area (Å²) in [6.07, 6.45) is 1.13. The lowest BCUT2D eigenvalue weighted by atomic mass is 9.91. The lowest BCUT2D eigenvalue weighted by molar-refractivity contribution is 0.161. The lowest BCUT2D eigenvalue weighted by Crippen LogP contribution is -2.38. The molecule has 0 saturated carbocycles. The van der Waals surface area contributed by atoms with Crippen LogP contribution in [0.2, 0.25) is 0 Å². The third-order valence-electron chi connectivity index (χ3n) is 3.61. The number of hydrogen-bond acceptors (Lipinski definition) is 2. The Morgan fingerprint density at radius 1 is 1.22 bits per heavy atom. The van der Waals surface area contributed by atoms with Crippen LogP contribution < -0.4 is 5.73 Å². The third kappa shape index (κ3) is 4.11. The predicted octanol–water partition coefficient (Wildman–Crippen LogP) is 3.36. The average Bonchev–Trinajstić information content (AvgIpc) is 2.32. The molecule has 0 saturated heterocycles. The van der Waals surface area contributed by atoms with Crippen molar-refractivity contribution in [1.29, 1.82) is 0 Å². The van der Waals surface area contributed by atoms with Crippen LogP contribution in [0.5, 0.6) is 0 Å². The van der Waals surface area contributed by atoms with Gasteiger partial charge in [-0.15, -0.1) is 0 Å². The zero-order valence-electron chi connectivity index (χ0n) is 12.5. The summed E-state index contributed by atoms with van der Waals surface area (Å²) in [5.41, 5.74) is 8.72. The van der Waals surface area contributed by atoms with Crippen molar-refractivity contribution in [3.8, 4) is 0 Å². The lowest BCUT2D eigenvalue weighted by Gasteiger charge is -2.34. The van der Waals surface area contributed by atoms with Crippen LogP contribution in [0.25, 0.3) is 0 Å². The van der Waals surface area contributed by atoms with Crippen molar-refractivity contribution in [2.75, 3.05) is 20.1 Å². The summed E-state index contributed by atoms with van der Waals surface area (Å²) < 4.78 is 0. The van der Waals surface area contributed by atoms with E-state index in [9.17, 15) is 0 Å². The first-order valence-corrected chi connectivity index (χ1v) is 6.86. The van der Waals surface area contributed by atoms with Gasteiger partial charge in [-0.05, 0) is 37.9 Å². The van der Waals surface area contributed by atoms with Gasteiger partial charge in [-0.1, -0.05) is 50.6 Å².